The predicted molar refractivity (Wildman–Crippen MR) is 128 cm³/mol. The second kappa shape index (κ2) is 11.8. The minimum Gasteiger partial charge on any atom is -0.487 e. The summed E-state index contributed by atoms with van der Waals surface area (Å²) in [6.07, 6.45) is 0.688. The van der Waals surface area contributed by atoms with Crippen LogP contribution in [0.15, 0.2) is 65.6 Å². The molecular formula is C25H24ClFO5S. The van der Waals surface area contributed by atoms with E-state index in [1.165, 1.54) is 12.1 Å². The lowest BCUT2D eigenvalue weighted by Gasteiger charge is -2.18. The molecule has 0 bridgehead atoms. The number of hydrogen-bond donors (Lipinski definition) is 1. The Labute approximate surface area is 201 Å². The van der Waals surface area contributed by atoms with Crippen molar-refractivity contribution in [2.45, 2.75) is 31.3 Å². The molecule has 0 saturated heterocycles. The van der Waals surface area contributed by atoms with Crippen molar-refractivity contribution in [2.24, 2.45) is 0 Å². The number of hydrogen-bond acceptors (Lipinski definition) is 5. The zero-order valence-corrected chi connectivity index (χ0v) is 19.8. The molecule has 174 valence electrons. The maximum Gasteiger partial charge on any atom is 0.341 e. The number of carboxylic acid groups (broad SMARTS) is 1. The van der Waals surface area contributed by atoms with Crippen LogP contribution in [-0.2, 0) is 4.79 Å². The van der Waals surface area contributed by atoms with Crippen LogP contribution in [0.2, 0.25) is 5.02 Å². The Morgan fingerprint density at radius 2 is 1.79 bits per heavy atom. The van der Waals surface area contributed by atoms with Gasteiger partial charge in [-0.15, -0.1) is 11.8 Å². The van der Waals surface area contributed by atoms with Crippen LogP contribution >= 0.6 is 23.4 Å². The van der Waals surface area contributed by atoms with Gasteiger partial charge in [0.2, 0.25) is 0 Å². The van der Waals surface area contributed by atoms with Gasteiger partial charge in [0, 0.05) is 21.7 Å². The first-order chi connectivity index (χ1) is 15.8. The monoisotopic (exact) mass is 490 g/mol. The van der Waals surface area contributed by atoms with E-state index in [-0.39, 0.29) is 18.5 Å². The summed E-state index contributed by atoms with van der Waals surface area (Å²) in [5.41, 5.74) is 0.884. The highest BCUT2D eigenvalue weighted by Gasteiger charge is 2.12. The van der Waals surface area contributed by atoms with Gasteiger partial charge in [-0.3, -0.25) is 0 Å². The molecule has 0 fully saturated rings. The van der Waals surface area contributed by atoms with Gasteiger partial charge in [0.1, 0.15) is 17.3 Å². The summed E-state index contributed by atoms with van der Waals surface area (Å²) in [6.45, 7) is 3.50. The van der Waals surface area contributed by atoms with Crippen molar-refractivity contribution in [1.82, 2.24) is 0 Å². The molecule has 3 aromatic rings. The normalized spacial score (nSPS) is 11.6. The molecule has 1 N–H and O–H groups in total. The van der Waals surface area contributed by atoms with Crippen molar-refractivity contribution < 1.29 is 28.5 Å². The molecule has 33 heavy (non-hydrogen) atoms. The van der Waals surface area contributed by atoms with Gasteiger partial charge in [-0.2, -0.15) is 0 Å². The predicted octanol–water partition coefficient (Wildman–Crippen LogP) is 6.99. The fourth-order valence-corrected chi connectivity index (χ4v) is 4.19. The largest absolute Gasteiger partial charge is 0.487 e. The van der Waals surface area contributed by atoms with Gasteiger partial charge < -0.3 is 19.3 Å². The number of aliphatic carboxylic acids is 1. The Balaban J connectivity index is 1.54. The molecule has 3 aromatic carbocycles. The molecule has 1 unspecified atom stereocenters. The summed E-state index contributed by atoms with van der Waals surface area (Å²) in [5, 5.41) is 9.25. The van der Waals surface area contributed by atoms with Crippen LogP contribution < -0.4 is 14.2 Å². The minimum absolute atomic E-state index is 0.0893. The lowest BCUT2D eigenvalue weighted by molar-refractivity contribution is -0.139. The Hall–Kier alpha value is -2.90. The van der Waals surface area contributed by atoms with Gasteiger partial charge in [0.15, 0.2) is 18.1 Å². The molecule has 0 aliphatic rings. The van der Waals surface area contributed by atoms with Gasteiger partial charge >= 0.3 is 5.97 Å². The number of rotatable bonds is 11. The van der Waals surface area contributed by atoms with Crippen LogP contribution in [0.4, 0.5) is 4.39 Å². The zero-order valence-electron chi connectivity index (χ0n) is 18.2. The molecular weight excluding hydrogens is 467 g/mol. The molecule has 5 nitrogen and oxygen atoms in total. The Kier molecular flexibility index (Phi) is 8.86. The first-order valence-electron chi connectivity index (χ1n) is 10.3. The summed E-state index contributed by atoms with van der Waals surface area (Å²) in [4.78, 5) is 11.7. The average molecular weight is 491 g/mol. The number of aryl methyl sites for hydroxylation is 1. The topological polar surface area (TPSA) is 65.0 Å². The van der Waals surface area contributed by atoms with E-state index in [1.807, 2.05) is 26.0 Å². The molecule has 0 radical (unpaired) electrons. The van der Waals surface area contributed by atoms with E-state index in [4.69, 9.17) is 30.9 Å². The van der Waals surface area contributed by atoms with E-state index in [1.54, 1.807) is 48.2 Å². The first-order valence-corrected chi connectivity index (χ1v) is 11.6. The maximum atomic E-state index is 13.2. The summed E-state index contributed by atoms with van der Waals surface area (Å²) in [7, 11) is 0. The van der Waals surface area contributed by atoms with Crippen molar-refractivity contribution >= 4 is 29.3 Å². The second-order valence-corrected chi connectivity index (χ2v) is 8.93. The lowest BCUT2D eigenvalue weighted by Crippen LogP contribution is -2.13. The molecule has 0 amide bonds. The Morgan fingerprint density at radius 1 is 1.06 bits per heavy atom. The minimum atomic E-state index is -1.01. The third-order valence-corrected chi connectivity index (χ3v) is 5.83. The van der Waals surface area contributed by atoms with Crippen LogP contribution in [-0.4, -0.2) is 29.5 Å². The average Bonchev–Trinajstić information content (AvgIpc) is 2.76. The molecule has 0 spiro atoms. The second-order valence-electron chi connectivity index (χ2n) is 7.32. The van der Waals surface area contributed by atoms with Crippen molar-refractivity contribution in [1.29, 1.82) is 0 Å². The number of halogens is 2. The summed E-state index contributed by atoms with van der Waals surface area (Å²) in [6, 6.07) is 16.6. The Bertz CT molecular complexity index is 1090. The van der Waals surface area contributed by atoms with Crippen LogP contribution in [0.25, 0.3) is 0 Å². The molecule has 0 saturated carbocycles. The van der Waals surface area contributed by atoms with E-state index in [2.05, 4.69) is 0 Å². The zero-order chi connectivity index (χ0) is 23.8. The molecule has 3 rings (SSSR count). The third-order valence-electron chi connectivity index (χ3n) is 4.57. The van der Waals surface area contributed by atoms with Gasteiger partial charge in [0.25, 0.3) is 0 Å². The first kappa shape index (κ1) is 24.7. The molecule has 0 heterocycles. The van der Waals surface area contributed by atoms with Crippen LogP contribution in [0, 0.1) is 12.7 Å². The fourth-order valence-electron chi connectivity index (χ4n) is 2.92. The SMILES string of the molecule is Cc1cc(SCCC(C)Oc2ccc(Cl)cc2Oc2ccc(F)cc2)ccc1OCC(=O)O. The van der Waals surface area contributed by atoms with Crippen molar-refractivity contribution in [3.05, 3.63) is 77.1 Å². The summed E-state index contributed by atoms with van der Waals surface area (Å²) < 4.78 is 30.4. The molecule has 0 aromatic heterocycles. The molecule has 1 atom stereocenters. The van der Waals surface area contributed by atoms with E-state index in [0.717, 1.165) is 22.6 Å². The highest BCUT2D eigenvalue weighted by Crippen LogP contribution is 2.35. The van der Waals surface area contributed by atoms with E-state index in [0.29, 0.717) is 28.0 Å². The smallest absolute Gasteiger partial charge is 0.341 e. The lowest BCUT2D eigenvalue weighted by atomic mass is 10.2. The van der Waals surface area contributed by atoms with Crippen LogP contribution in [0.5, 0.6) is 23.0 Å². The number of carbonyl (C=O) groups is 1. The molecule has 0 aliphatic heterocycles. The van der Waals surface area contributed by atoms with Crippen molar-refractivity contribution in [2.75, 3.05) is 12.4 Å². The summed E-state index contributed by atoms with van der Waals surface area (Å²) >= 11 is 7.80. The molecule has 8 heteroatoms. The van der Waals surface area contributed by atoms with Crippen molar-refractivity contribution in [3.63, 3.8) is 0 Å². The third kappa shape index (κ3) is 7.87. The highest BCUT2D eigenvalue weighted by atomic mass is 35.5. The standard InChI is InChI=1S/C25H24ClFO5S/c1-16-13-21(8-10-22(16)30-15-25(28)29)33-12-11-17(2)31-23-9-3-18(26)14-24(23)32-20-6-4-19(27)5-7-20/h3-10,13-14,17H,11-12,15H2,1-2H3,(H,28,29). The fraction of sp³-hybridized carbons (Fsp3) is 0.240. The highest BCUT2D eigenvalue weighted by molar-refractivity contribution is 7.99. The maximum absolute atomic E-state index is 13.2. The van der Waals surface area contributed by atoms with E-state index >= 15 is 0 Å². The summed E-state index contributed by atoms with van der Waals surface area (Å²) in [5.74, 6) is 1.53. The quantitative estimate of drug-likeness (QED) is 0.292. The van der Waals surface area contributed by atoms with Gasteiger partial charge in [-0.25, -0.2) is 9.18 Å². The van der Waals surface area contributed by atoms with Gasteiger partial charge in [0.05, 0.1) is 6.10 Å². The van der Waals surface area contributed by atoms with E-state index in [9.17, 15) is 9.18 Å². The number of carboxylic acids is 1. The van der Waals surface area contributed by atoms with Crippen LogP contribution in [0.1, 0.15) is 18.9 Å². The van der Waals surface area contributed by atoms with Crippen molar-refractivity contribution in [3.8, 4) is 23.0 Å². The Morgan fingerprint density at radius 3 is 2.48 bits per heavy atom. The molecule has 0 aliphatic carbocycles. The van der Waals surface area contributed by atoms with Gasteiger partial charge in [-0.1, -0.05) is 11.6 Å². The van der Waals surface area contributed by atoms with E-state index < -0.39 is 5.97 Å². The van der Waals surface area contributed by atoms with Crippen LogP contribution in [0.3, 0.4) is 0 Å². The van der Waals surface area contributed by atoms with Gasteiger partial charge in [-0.05, 0) is 80.4 Å². The number of ether oxygens (including phenoxy) is 3. The number of thioether (sulfide) groups is 1. The number of benzene rings is 3.